The molecule has 1 aromatic carbocycles. The lowest BCUT2D eigenvalue weighted by atomic mass is 9.89. The summed E-state index contributed by atoms with van der Waals surface area (Å²) in [7, 11) is 0. The van der Waals surface area contributed by atoms with Crippen LogP contribution in [0.1, 0.15) is 6.42 Å². The summed E-state index contributed by atoms with van der Waals surface area (Å²) in [6, 6.07) is 5.25. The predicted octanol–water partition coefficient (Wildman–Crippen LogP) is 2.90. The molecule has 0 saturated carbocycles. The third-order valence-electron chi connectivity index (χ3n) is 4.38. The Morgan fingerprint density at radius 3 is 2.91 bits per heavy atom. The number of piperidine rings is 1. The van der Waals surface area contributed by atoms with Crippen molar-refractivity contribution >= 4 is 47.2 Å². The van der Waals surface area contributed by atoms with Crippen LogP contribution in [-0.2, 0) is 4.79 Å². The third-order valence-corrected chi connectivity index (χ3v) is 5.20. The lowest BCUT2D eigenvalue weighted by Crippen LogP contribution is -2.43. The van der Waals surface area contributed by atoms with Crippen molar-refractivity contribution in [3.8, 4) is 0 Å². The number of anilines is 1. The summed E-state index contributed by atoms with van der Waals surface area (Å²) >= 11 is 12.0. The van der Waals surface area contributed by atoms with Crippen molar-refractivity contribution in [2.45, 2.75) is 6.42 Å². The van der Waals surface area contributed by atoms with E-state index >= 15 is 0 Å². The van der Waals surface area contributed by atoms with Gasteiger partial charge in [0, 0.05) is 6.54 Å². The molecule has 1 aromatic rings. The molecule has 0 spiro atoms. The van der Waals surface area contributed by atoms with Gasteiger partial charge < -0.3 is 10.6 Å². The van der Waals surface area contributed by atoms with Gasteiger partial charge >= 0.3 is 0 Å². The molecule has 2 heterocycles. The molecule has 0 aliphatic carbocycles. The van der Waals surface area contributed by atoms with E-state index in [9.17, 15) is 4.79 Å². The molecule has 22 heavy (non-hydrogen) atoms. The predicted molar refractivity (Wildman–Crippen MR) is 93.2 cm³/mol. The zero-order valence-electron chi connectivity index (χ0n) is 12.1. The number of nitrogens with one attached hydrogen (secondary N) is 2. The van der Waals surface area contributed by atoms with Gasteiger partial charge in [0.25, 0.3) is 0 Å². The summed E-state index contributed by atoms with van der Waals surface area (Å²) in [5, 5.41) is 7.12. The molecule has 2 atom stereocenters. The van der Waals surface area contributed by atoms with Crippen molar-refractivity contribution in [1.82, 2.24) is 10.2 Å². The summed E-state index contributed by atoms with van der Waals surface area (Å²) < 4.78 is 0. The average Bonchev–Trinajstić information content (AvgIpc) is 2.91. The summed E-state index contributed by atoms with van der Waals surface area (Å²) in [5.41, 5.74) is 0.576. The van der Waals surface area contributed by atoms with Crippen molar-refractivity contribution in [3.63, 3.8) is 0 Å². The van der Waals surface area contributed by atoms with E-state index < -0.39 is 0 Å². The van der Waals surface area contributed by atoms with Gasteiger partial charge in [-0.15, -0.1) is 12.4 Å². The monoisotopic (exact) mass is 363 g/mol. The Hall–Kier alpha value is -0.520. The number of rotatable bonds is 3. The van der Waals surface area contributed by atoms with E-state index in [-0.39, 0.29) is 18.3 Å². The van der Waals surface area contributed by atoms with Crippen LogP contribution in [0.15, 0.2) is 18.2 Å². The number of nitrogens with zero attached hydrogens (tertiary/aromatic N) is 1. The summed E-state index contributed by atoms with van der Waals surface area (Å²) in [4.78, 5) is 14.4. The minimum atomic E-state index is -0.0384. The van der Waals surface area contributed by atoms with Crippen LogP contribution >= 0.6 is 35.6 Å². The van der Waals surface area contributed by atoms with Crippen molar-refractivity contribution in [2.24, 2.45) is 11.8 Å². The molecule has 122 valence electrons. The molecule has 2 aliphatic heterocycles. The minimum absolute atomic E-state index is 0. The summed E-state index contributed by atoms with van der Waals surface area (Å²) in [6.07, 6.45) is 1.17. The van der Waals surface area contributed by atoms with Crippen molar-refractivity contribution in [1.29, 1.82) is 0 Å². The molecule has 1 amide bonds. The van der Waals surface area contributed by atoms with Gasteiger partial charge in [-0.05, 0) is 50.0 Å². The van der Waals surface area contributed by atoms with Crippen LogP contribution in [-0.4, -0.2) is 43.5 Å². The largest absolute Gasteiger partial charge is 0.324 e. The minimum Gasteiger partial charge on any atom is -0.324 e. The van der Waals surface area contributed by atoms with Crippen LogP contribution in [0.2, 0.25) is 10.0 Å². The first-order chi connectivity index (χ1) is 10.1. The second kappa shape index (κ2) is 7.84. The SMILES string of the molecule is Cl.O=C(CN1CCC2CNCC2C1)Nc1cccc(Cl)c1Cl. The second-order valence-corrected chi connectivity index (χ2v) is 6.64. The van der Waals surface area contributed by atoms with Gasteiger partial charge in [0.05, 0.1) is 22.3 Å². The Bertz CT molecular complexity index is 541. The van der Waals surface area contributed by atoms with E-state index in [0.717, 1.165) is 32.1 Å². The first kappa shape index (κ1) is 17.8. The maximum Gasteiger partial charge on any atom is 0.238 e. The first-order valence-corrected chi connectivity index (χ1v) is 8.06. The number of likely N-dealkylation sites (tertiary alicyclic amines) is 1. The molecule has 0 radical (unpaired) electrons. The molecule has 2 N–H and O–H groups in total. The number of carbonyl (C=O) groups excluding carboxylic acids is 1. The highest BCUT2D eigenvalue weighted by Crippen LogP contribution is 2.30. The van der Waals surface area contributed by atoms with E-state index in [1.807, 2.05) is 0 Å². The first-order valence-electron chi connectivity index (χ1n) is 7.30. The second-order valence-electron chi connectivity index (χ2n) is 5.85. The topological polar surface area (TPSA) is 44.4 Å². The van der Waals surface area contributed by atoms with Gasteiger partial charge in [0.15, 0.2) is 0 Å². The van der Waals surface area contributed by atoms with E-state index in [1.165, 1.54) is 6.42 Å². The third kappa shape index (κ3) is 4.06. The number of halogens is 3. The summed E-state index contributed by atoms with van der Waals surface area (Å²) in [5.74, 6) is 1.43. The molecule has 7 heteroatoms. The number of benzene rings is 1. The van der Waals surface area contributed by atoms with E-state index in [2.05, 4.69) is 15.5 Å². The Labute approximate surface area is 146 Å². The van der Waals surface area contributed by atoms with Crippen molar-refractivity contribution < 1.29 is 4.79 Å². The van der Waals surface area contributed by atoms with Gasteiger partial charge in [0.1, 0.15) is 0 Å². The average molecular weight is 365 g/mol. The molecule has 0 aromatic heterocycles. The van der Waals surface area contributed by atoms with Gasteiger partial charge in [-0.3, -0.25) is 9.69 Å². The fourth-order valence-corrected chi connectivity index (χ4v) is 3.59. The number of amides is 1. The van der Waals surface area contributed by atoms with Crippen molar-refractivity contribution in [2.75, 3.05) is 38.0 Å². The van der Waals surface area contributed by atoms with Crippen LogP contribution in [0.25, 0.3) is 0 Å². The smallest absolute Gasteiger partial charge is 0.238 e. The molecule has 3 rings (SSSR count). The van der Waals surface area contributed by atoms with Gasteiger partial charge in [-0.2, -0.15) is 0 Å². The Morgan fingerprint density at radius 2 is 2.09 bits per heavy atom. The van der Waals surface area contributed by atoms with E-state index in [1.54, 1.807) is 18.2 Å². The number of hydrogen-bond acceptors (Lipinski definition) is 3. The molecular formula is C15H20Cl3N3O. The molecule has 4 nitrogen and oxygen atoms in total. The lowest BCUT2D eigenvalue weighted by molar-refractivity contribution is -0.117. The standard InChI is InChI=1S/C15H19Cl2N3O.ClH/c16-12-2-1-3-13(15(12)17)19-14(21)9-20-5-4-10-6-18-7-11(10)8-20;/h1-3,10-11,18H,4-9H2,(H,19,21);1H. The quantitative estimate of drug-likeness (QED) is 0.867. The highest BCUT2D eigenvalue weighted by Gasteiger charge is 2.33. The van der Waals surface area contributed by atoms with Crippen LogP contribution in [0, 0.1) is 11.8 Å². The Kier molecular flexibility index (Phi) is 6.36. The normalized spacial score (nSPS) is 24.5. The fraction of sp³-hybridized carbons (Fsp3) is 0.533. The number of hydrogen-bond donors (Lipinski definition) is 2. The van der Waals surface area contributed by atoms with Crippen LogP contribution in [0.5, 0.6) is 0 Å². The number of fused-ring (bicyclic) bond motifs is 1. The molecule has 2 fully saturated rings. The zero-order chi connectivity index (χ0) is 14.8. The number of carbonyl (C=O) groups is 1. The highest BCUT2D eigenvalue weighted by molar-refractivity contribution is 6.43. The Morgan fingerprint density at radius 1 is 1.32 bits per heavy atom. The zero-order valence-corrected chi connectivity index (χ0v) is 14.5. The molecular weight excluding hydrogens is 345 g/mol. The van der Waals surface area contributed by atoms with E-state index in [4.69, 9.17) is 23.2 Å². The molecule has 2 aliphatic rings. The highest BCUT2D eigenvalue weighted by atomic mass is 35.5. The molecule has 0 bridgehead atoms. The van der Waals surface area contributed by atoms with Crippen LogP contribution in [0.4, 0.5) is 5.69 Å². The van der Waals surface area contributed by atoms with Crippen LogP contribution < -0.4 is 10.6 Å². The lowest BCUT2D eigenvalue weighted by Gasteiger charge is -2.33. The molecule has 2 unspecified atom stereocenters. The van der Waals surface area contributed by atoms with E-state index in [0.29, 0.717) is 28.2 Å². The van der Waals surface area contributed by atoms with Gasteiger partial charge in [0.2, 0.25) is 5.91 Å². The van der Waals surface area contributed by atoms with Gasteiger partial charge in [-0.25, -0.2) is 0 Å². The Balaban J connectivity index is 0.00000176. The maximum absolute atomic E-state index is 12.2. The maximum atomic E-state index is 12.2. The van der Waals surface area contributed by atoms with Gasteiger partial charge in [-0.1, -0.05) is 29.3 Å². The van der Waals surface area contributed by atoms with Crippen molar-refractivity contribution in [3.05, 3.63) is 28.2 Å². The molecule has 2 saturated heterocycles. The summed E-state index contributed by atoms with van der Waals surface area (Å²) in [6.45, 7) is 4.59. The fourth-order valence-electron chi connectivity index (χ4n) is 3.25. The van der Waals surface area contributed by atoms with Crippen LogP contribution in [0.3, 0.4) is 0 Å².